The Morgan fingerprint density at radius 1 is 1.25 bits per heavy atom. The molecule has 0 saturated carbocycles. The second-order valence-electron chi connectivity index (χ2n) is 8.65. The summed E-state index contributed by atoms with van der Waals surface area (Å²) in [6.07, 6.45) is -4.01. The molecule has 3 aliphatic heterocycles. The number of nitrogens with one attached hydrogen (secondary N) is 3. The van der Waals surface area contributed by atoms with Crippen molar-refractivity contribution in [1.29, 1.82) is 5.26 Å². The van der Waals surface area contributed by atoms with Gasteiger partial charge < -0.3 is 20.5 Å². The average molecular weight is 453 g/mol. The lowest BCUT2D eigenvalue weighted by atomic mass is 9.88. The number of carbonyl (C=O) groups excluding carboxylic acids is 1. The van der Waals surface area contributed by atoms with Crippen molar-refractivity contribution < 1.29 is 27.8 Å². The molecule has 3 saturated heterocycles. The highest BCUT2D eigenvalue weighted by molar-refractivity contribution is 5.82. The highest BCUT2D eigenvalue weighted by atomic mass is 19.4. The molecular formula is C21H26F3N5O3. The molecule has 32 heavy (non-hydrogen) atoms. The van der Waals surface area contributed by atoms with E-state index < -0.39 is 23.9 Å². The van der Waals surface area contributed by atoms with Gasteiger partial charge in [-0.15, -0.1) is 0 Å². The maximum atomic E-state index is 13.1. The zero-order valence-electron chi connectivity index (χ0n) is 17.5. The predicted octanol–water partition coefficient (Wildman–Crippen LogP) is 1.45. The molecule has 4 rings (SSSR count). The van der Waals surface area contributed by atoms with E-state index in [-0.39, 0.29) is 29.5 Å². The number of benzene rings is 1. The standard InChI is InChI=1S/C21H26F3N5O3/c1-20(31,21(22,23)24)13-2-4-14(5-3-13)27-18-17-15(6-8-26-19(17)30)29(28-18)16-11-32-9-7-12(16)10-25/h2-5,12,15-18,27-28,31H,6-9,11H2,1H3,(H,26,30)/t12-,15?,16+,17?,18?,20?/m1/s1. The number of carbonyl (C=O) groups is 1. The summed E-state index contributed by atoms with van der Waals surface area (Å²) in [6.45, 7) is 2.13. The number of hydrogen-bond donors (Lipinski definition) is 4. The van der Waals surface area contributed by atoms with Crippen molar-refractivity contribution in [2.75, 3.05) is 25.1 Å². The zero-order valence-corrected chi connectivity index (χ0v) is 17.5. The first-order valence-electron chi connectivity index (χ1n) is 10.6. The fourth-order valence-electron chi connectivity index (χ4n) is 4.68. The highest BCUT2D eigenvalue weighted by Gasteiger charge is 2.52. The van der Waals surface area contributed by atoms with Crippen LogP contribution in [0.3, 0.4) is 0 Å². The quantitative estimate of drug-likeness (QED) is 0.546. The lowest BCUT2D eigenvalue weighted by molar-refractivity contribution is -0.258. The van der Waals surface area contributed by atoms with E-state index in [1.54, 1.807) is 0 Å². The number of hydrazine groups is 1. The van der Waals surface area contributed by atoms with Crippen LogP contribution in [0.4, 0.5) is 18.9 Å². The number of hydrogen-bond acceptors (Lipinski definition) is 7. The fourth-order valence-corrected chi connectivity index (χ4v) is 4.68. The molecule has 1 amide bonds. The molecule has 1 aromatic carbocycles. The molecule has 11 heteroatoms. The molecule has 4 N–H and O–H groups in total. The Bertz CT molecular complexity index is 886. The second-order valence-corrected chi connectivity index (χ2v) is 8.65. The van der Waals surface area contributed by atoms with Crippen LogP contribution >= 0.6 is 0 Å². The van der Waals surface area contributed by atoms with E-state index in [1.165, 1.54) is 24.3 Å². The van der Waals surface area contributed by atoms with Crippen LogP contribution < -0.4 is 16.1 Å². The van der Waals surface area contributed by atoms with Gasteiger partial charge in [0.15, 0.2) is 5.60 Å². The number of rotatable bonds is 4. The third kappa shape index (κ3) is 4.03. The van der Waals surface area contributed by atoms with Crippen molar-refractivity contribution in [3.8, 4) is 6.07 Å². The first-order chi connectivity index (χ1) is 15.1. The molecule has 0 spiro atoms. The van der Waals surface area contributed by atoms with E-state index >= 15 is 0 Å². The van der Waals surface area contributed by atoms with Gasteiger partial charge in [0, 0.05) is 24.9 Å². The van der Waals surface area contributed by atoms with Crippen LogP contribution in [-0.2, 0) is 15.1 Å². The minimum atomic E-state index is -4.80. The SMILES string of the molecule is CC(O)(c1ccc(NC2NN([C@H]3COCC[C@@H]3C#N)C3CCNC(=O)C23)cc1)C(F)(F)F. The van der Waals surface area contributed by atoms with Gasteiger partial charge in [-0.25, -0.2) is 10.4 Å². The first-order valence-corrected chi connectivity index (χ1v) is 10.6. The van der Waals surface area contributed by atoms with E-state index in [0.29, 0.717) is 45.2 Å². The largest absolute Gasteiger partial charge is 0.421 e. The molecule has 6 atom stereocenters. The van der Waals surface area contributed by atoms with Crippen molar-refractivity contribution in [3.05, 3.63) is 29.8 Å². The lowest BCUT2D eigenvalue weighted by Gasteiger charge is -2.39. The van der Waals surface area contributed by atoms with E-state index in [0.717, 1.165) is 0 Å². The number of piperidine rings is 1. The molecule has 0 aromatic heterocycles. The predicted molar refractivity (Wildman–Crippen MR) is 108 cm³/mol. The van der Waals surface area contributed by atoms with Crippen molar-refractivity contribution in [2.45, 2.75) is 49.8 Å². The summed E-state index contributed by atoms with van der Waals surface area (Å²) >= 11 is 0. The second kappa shape index (κ2) is 8.51. The summed E-state index contributed by atoms with van der Waals surface area (Å²) in [6, 6.07) is 7.29. The van der Waals surface area contributed by atoms with E-state index in [2.05, 4.69) is 22.1 Å². The third-order valence-corrected chi connectivity index (χ3v) is 6.63. The Morgan fingerprint density at radius 2 is 1.97 bits per heavy atom. The fraction of sp³-hybridized carbons (Fsp3) is 0.619. The molecular weight excluding hydrogens is 427 g/mol. The van der Waals surface area contributed by atoms with Gasteiger partial charge in [0.2, 0.25) is 5.91 Å². The maximum Gasteiger partial charge on any atom is 0.421 e. The molecule has 0 radical (unpaired) electrons. The number of halogens is 3. The summed E-state index contributed by atoms with van der Waals surface area (Å²) in [5, 5.41) is 27.4. The molecule has 0 aliphatic carbocycles. The summed E-state index contributed by atoms with van der Waals surface area (Å²) < 4.78 is 44.9. The molecule has 3 aliphatic rings. The van der Waals surface area contributed by atoms with Crippen molar-refractivity contribution in [1.82, 2.24) is 15.8 Å². The van der Waals surface area contributed by atoms with Gasteiger partial charge in [-0.2, -0.15) is 18.4 Å². The number of anilines is 1. The molecule has 8 nitrogen and oxygen atoms in total. The molecule has 174 valence electrons. The summed E-state index contributed by atoms with van der Waals surface area (Å²) in [5.41, 5.74) is 0.576. The van der Waals surface area contributed by atoms with Gasteiger partial charge in [-0.3, -0.25) is 4.79 Å². The Balaban J connectivity index is 1.54. The van der Waals surface area contributed by atoms with Crippen molar-refractivity contribution in [2.24, 2.45) is 11.8 Å². The Hall–Kier alpha value is -2.39. The molecule has 0 bridgehead atoms. The lowest BCUT2D eigenvalue weighted by Crippen LogP contribution is -2.56. The van der Waals surface area contributed by atoms with E-state index in [9.17, 15) is 28.3 Å². The van der Waals surface area contributed by atoms with E-state index in [1.807, 2.05) is 5.01 Å². The van der Waals surface area contributed by atoms with Crippen LogP contribution in [0, 0.1) is 23.2 Å². The number of nitriles is 1. The van der Waals surface area contributed by atoms with Crippen LogP contribution in [0.2, 0.25) is 0 Å². The van der Waals surface area contributed by atoms with Crippen molar-refractivity contribution in [3.63, 3.8) is 0 Å². The number of fused-ring (bicyclic) bond motifs is 1. The van der Waals surface area contributed by atoms with E-state index in [4.69, 9.17) is 4.74 Å². The zero-order chi connectivity index (χ0) is 23.1. The number of alkyl halides is 3. The molecule has 4 unspecified atom stereocenters. The van der Waals surface area contributed by atoms with Gasteiger partial charge in [-0.1, -0.05) is 12.1 Å². The smallest absolute Gasteiger partial charge is 0.380 e. The first kappa shape index (κ1) is 22.8. The van der Waals surface area contributed by atoms with Gasteiger partial charge in [0.05, 0.1) is 30.6 Å². The Kier molecular flexibility index (Phi) is 6.06. The van der Waals surface area contributed by atoms with Crippen LogP contribution in [0.15, 0.2) is 24.3 Å². The topological polar surface area (TPSA) is 110 Å². The Labute approximate surface area is 183 Å². The minimum Gasteiger partial charge on any atom is -0.380 e. The normalized spacial score (nSPS) is 33.0. The Morgan fingerprint density at radius 3 is 2.62 bits per heavy atom. The van der Waals surface area contributed by atoms with Gasteiger partial charge in [-0.05, 0) is 37.5 Å². The van der Waals surface area contributed by atoms with Crippen molar-refractivity contribution >= 4 is 11.6 Å². The van der Waals surface area contributed by atoms with Crippen LogP contribution in [0.25, 0.3) is 0 Å². The maximum absolute atomic E-state index is 13.1. The highest BCUT2D eigenvalue weighted by Crippen LogP contribution is 2.39. The summed E-state index contributed by atoms with van der Waals surface area (Å²) in [5.74, 6) is -0.817. The number of nitrogens with zero attached hydrogens (tertiary/aromatic N) is 2. The third-order valence-electron chi connectivity index (χ3n) is 6.63. The molecule has 1 aromatic rings. The van der Waals surface area contributed by atoms with Gasteiger partial charge >= 0.3 is 6.18 Å². The van der Waals surface area contributed by atoms with Crippen LogP contribution in [-0.4, -0.2) is 60.2 Å². The monoisotopic (exact) mass is 453 g/mol. The summed E-state index contributed by atoms with van der Waals surface area (Å²) in [4.78, 5) is 12.7. The van der Waals surface area contributed by atoms with Crippen LogP contribution in [0.1, 0.15) is 25.3 Å². The average Bonchev–Trinajstić information content (AvgIpc) is 3.12. The number of aliphatic hydroxyl groups is 1. The van der Waals surface area contributed by atoms with Gasteiger partial charge in [0.1, 0.15) is 6.17 Å². The number of ether oxygens (including phenoxy) is 1. The molecule has 3 heterocycles. The summed E-state index contributed by atoms with van der Waals surface area (Å²) in [7, 11) is 0. The minimum absolute atomic E-state index is 0.129. The molecule has 3 fully saturated rings. The van der Waals surface area contributed by atoms with Gasteiger partial charge in [0.25, 0.3) is 0 Å². The number of amides is 1. The van der Waals surface area contributed by atoms with Crippen LogP contribution in [0.5, 0.6) is 0 Å².